The van der Waals surface area contributed by atoms with Crippen molar-refractivity contribution < 1.29 is 28.2 Å². The van der Waals surface area contributed by atoms with Gasteiger partial charge in [-0.15, -0.1) is 0 Å². The summed E-state index contributed by atoms with van der Waals surface area (Å²) in [5.74, 6) is -1.33. The molecule has 6 heteroatoms. The summed E-state index contributed by atoms with van der Waals surface area (Å²) in [4.78, 5) is 22.9. The van der Waals surface area contributed by atoms with Gasteiger partial charge in [-0.25, -0.2) is 14.0 Å². The fourth-order valence-corrected chi connectivity index (χ4v) is 1.92. The number of hydrogen-bond acceptors (Lipinski definition) is 5. The van der Waals surface area contributed by atoms with Crippen LogP contribution in [0.25, 0.3) is 6.08 Å². The Hall–Kier alpha value is -3.15. The van der Waals surface area contributed by atoms with Crippen LogP contribution in [0.4, 0.5) is 4.39 Å². The quantitative estimate of drug-likeness (QED) is 0.438. The number of ether oxygens (including phenoxy) is 3. The average Bonchev–Trinajstić information content (AvgIpc) is 2.64. The van der Waals surface area contributed by atoms with Gasteiger partial charge in [-0.05, 0) is 35.9 Å². The van der Waals surface area contributed by atoms with Gasteiger partial charge in [0.1, 0.15) is 13.2 Å². The third-order valence-corrected chi connectivity index (χ3v) is 3.17. The Kier molecular flexibility index (Phi) is 6.71. The van der Waals surface area contributed by atoms with Gasteiger partial charge in [0.15, 0.2) is 11.6 Å². The van der Waals surface area contributed by atoms with Crippen molar-refractivity contribution in [1.82, 2.24) is 0 Å². The van der Waals surface area contributed by atoms with Gasteiger partial charge in [0.2, 0.25) is 0 Å². The SMILES string of the molecule is COC(=O)c1ccc(/C=C/C(=O)OCCOc2ccccc2F)cc1. The summed E-state index contributed by atoms with van der Waals surface area (Å²) < 4.78 is 28.0. The molecule has 5 nitrogen and oxygen atoms in total. The molecule has 130 valence electrons. The number of para-hydroxylation sites is 1. The summed E-state index contributed by atoms with van der Waals surface area (Å²) >= 11 is 0. The molecule has 0 amide bonds. The van der Waals surface area contributed by atoms with Crippen LogP contribution in [0.3, 0.4) is 0 Å². The second-order valence-electron chi connectivity index (χ2n) is 4.89. The molecule has 0 saturated carbocycles. The number of methoxy groups -OCH3 is 1. The largest absolute Gasteiger partial charge is 0.487 e. The van der Waals surface area contributed by atoms with E-state index >= 15 is 0 Å². The van der Waals surface area contributed by atoms with Crippen molar-refractivity contribution in [3.63, 3.8) is 0 Å². The lowest BCUT2D eigenvalue weighted by atomic mass is 10.1. The van der Waals surface area contributed by atoms with Crippen LogP contribution in [-0.2, 0) is 14.3 Å². The molecule has 2 aromatic carbocycles. The zero-order valence-corrected chi connectivity index (χ0v) is 13.6. The Morgan fingerprint density at radius 1 is 1.04 bits per heavy atom. The molecule has 0 aliphatic carbocycles. The number of rotatable bonds is 7. The molecule has 0 aliphatic rings. The number of carbonyl (C=O) groups excluding carboxylic acids is 2. The number of carbonyl (C=O) groups is 2. The molecule has 0 spiro atoms. The molecule has 0 fully saturated rings. The second-order valence-corrected chi connectivity index (χ2v) is 4.89. The average molecular weight is 344 g/mol. The lowest BCUT2D eigenvalue weighted by Gasteiger charge is -2.06. The van der Waals surface area contributed by atoms with Crippen LogP contribution >= 0.6 is 0 Å². The van der Waals surface area contributed by atoms with Gasteiger partial charge in [0, 0.05) is 6.08 Å². The molecule has 0 heterocycles. The summed E-state index contributed by atoms with van der Waals surface area (Å²) in [6.45, 7) is 0.0487. The first-order valence-electron chi connectivity index (χ1n) is 7.50. The van der Waals surface area contributed by atoms with Gasteiger partial charge >= 0.3 is 11.9 Å². The first-order chi connectivity index (χ1) is 12.1. The first-order valence-corrected chi connectivity index (χ1v) is 7.50. The molecule has 0 aromatic heterocycles. The fraction of sp³-hybridized carbons (Fsp3) is 0.158. The molecular weight excluding hydrogens is 327 g/mol. The van der Waals surface area contributed by atoms with E-state index in [1.165, 1.54) is 25.3 Å². The number of esters is 2. The number of benzene rings is 2. The standard InChI is InChI=1S/C19H17FO5/c1-23-19(22)15-9-6-14(7-10-15)8-11-18(21)25-13-12-24-17-5-3-2-4-16(17)20/h2-11H,12-13H2,1H3/b11-8+. The van der Waals surface area contributed by atoms with Crippen LogP contribution in [0.15, 0.2) is 54.6 Å². The van der Waals surface area contributed by atoms with E-state index in [-0.39, 0.29) is 19.0 Å². The van der Waals surface area contributed by atoms with Crippen molar-refractivity contribution in [3.8, 4) is 5.75 Å². The van der Waals surface area contributed by atoms with E-state index in [0.717, 1.165) is 5.56 Å². The highest BCUT2D eigenvalue weighted by atomic mass is 19.1. The van der Waals surface area contributed by atoms with Crippen molar-refractivity contribution in [2.24, 2.45) is 0 Å². The molecule has 0 unspecified atom stereocenters. The zero-order chi connectivity index (χ0) is 18.1. The predicted molar refractivity (Wildman–Crippen MR) is 89.7 cm³/mol. The van der Waals surface area contributed by atoms with Crippen LogP contribution in [0.2, 0.25) is 0 Å². The predicted octanol–water partition coefficient (Wildman–Crippen LogP) is 3.25. The molecule has 0 atom stereocenters. The molecule has 0 bridgehead atoms. The second kappa shape index (κ2) is 9.22. The highest BCUT2D eigenvalue weighted by Gasteiger charge is 2.04. The molecule has 2 rings (SSSR count). The van der Waals surface area contributed by atoms with Gasteiger partial charge in [0.05, 0.1) is 12.7 Å². The third kappa shape index (κ3) is 5.76. The van der Waals surface area contributed by atoms with E-state index in [2.05, 4.69) is 4.74 Å². The van der Waals surface area contributed by atoms with Crippen molar-refractivity contribution >= 4 is 18.0 Å². The minimum atomic E-state index is -0.547. The summed E-state index contributed by atoms with van der Waals surface area (Å²) in [6, 6.07) is 12.5. The van der Waals surface area contributed by atoms with Crippen LogP contribution in [0.1, 0.15) is 15.9 Å². The number of halogens is 1. The van der Waals surface area contributed by atoms with E-state index in [1.54, 1.807) is 42.5 Å². The van der Waals surface area contributed by atoms with E-state index in [4.69, 9.17) is 9.47 Å². The Bertz CT molecular complexity index is 753. The summed E-state index contributed by atoms with van der Waals surface area (Å²) in [7, 11) is 1.31. The van der Waals surface area contributed by atoms with Gasteiger partial charge in [0.25, 0.3) is 0 Å². The van der Waals surface area contributed by atoms with E-state index in [9.17, 15) is 14.0 Å². The Labute approximate surface area is 144 Å². The van der Waals surface area contributed by atoms with Crippen LogP contribution in [0, 0.1) is 5.82 Å². The van der Waals surface area contributed by atoms with E-state index in [1.807, 2.05) is 0 Å². The molecule has 0 radical (unpaired) electrons. The molecule has 2 aromatic rings. The zero-order valence-electron chi connectivity index (χ0n) is 13.6. The molecular formula is C19H17FO5. The number of hydrogen-bond donors (Lipinski definition) is 0. The van der Waals surface area contributed by atoms with Crippen molar-refractivity contribution in [2.45, 2.75) is 0 Å². The first kappa shape index (κ1) is 18.2. The molecule has 0 aliphatic heterocycles. The molecule has 0 saturated heterocycles. The maximum atomic E-state index is 13.3. The van der Waals surface area contributed by atoms with Gasteiger partial charge in [-0.3, -0.25) is 0 Å². The van der Waals surface area contributed by atoms with Gasteiger partial charge < -0.3 is 14.2 Å². The summed E-state index contributed by atoms with van der Waals surface area (Å²) in [5.41, 5.74) is 1.15. The minimum Gasteiger partial charge on any atom is -0.487 e. The molecule has 25 heavy (non-hydrogen) atoms. The van der Waals surface area contributed by atoms with Crippen molar-refractivity contribution in [2.75, 3.05) is 20.3 Å². The van der Waals surface area contributed by atoms with Gasteiger partial charge in [-0.2, -0.15) is 0 Å². The Balaban J connectivity index is 1.75. The maximum absolute atomic E-state index is 13.3. The Morgan fingerprint density at radius 3 is 2.44 bits per heavy atom. The lowest BCUT2D eigenvalue weighted by Crippen LogP contribution is -2.10. The van der Waals surface area contributed by atoms with Crippen LogP contribution in [0.5, 0.6) is 5.75 Å². The van der Waals surface area contributed by atoms with Crippen LogP contribution < -0.4 is 4.74 Å². The lowest BCUT2D eigenvalue weighted by molar-refractivity contribution is -0.138. The molecule has 0 N–H and O–H groups in total. The normalized spacial score (nSPS) is 10.5. The minimum absolute atomic E-state index is 0.00120. The van der Waals surface area contributed by atoms with Gasteiger partial charge in [-0.1, -0.05) is 24.3 Å². The summed E-state index contributed by atoms with van der Waals surface area (Å²) in [5, 5.41) is 0. The van der Waals surface area contributed by atoms with E-state index in [0.29, 0.717) is 5.56 Å². The highest BCUT2D eigenvalue weighted by molar-refractivity contribution is 5.90. The monoisotopic (exact) mass is 344 g/mol. The highest BCUT2D eigenvalue weighted by Crippen LogP contribution is 2.15. The maximum Gasteiger partial charge on any atom is 0.337 e. The van der Waals surface area contributed by atoms with Crippen LogP contribution in [-0.4, -0.2) is 32.3 Å². The summed E-state index contributed by atoms with van der Waals surface area (Å²) in [6.07, 6.45) is 2.82. The van der Waals surface area contributed by atoms with Crippen molar-refractivity contribution in [3.05, 3.63) is 71.6 Å². The smallest absolute Gasteiger partial charge is 0.337 e. The topological polar surface area (TPSA) is 61.8 Å². The third-order valence-electron chi connectivity index (χ3n) is 3.17. The Morgan fingerprint density at radius 2 is 1.76 bits per heavy atom. The van der Waals surface area contributed by atoms with Crippen molar-refractivity contribution in [1.29, 1.82) is 0 Å². The van der Waals surface area contributed by atoms with E-state index < -0.39 is 17.8 Å². The fourth-order valence-electron chi connectivity index (χ4n) is 1.92.